The lowest BCUT2D eigenvalue weighted by Gasteiger charge is -2.12. The van der Waals surface area contributed by atoms with E-state index in [0.717, 1.165) is 29.7 Å². The van der Waals surface area contributed by atoms with Crippen molar-refractivity contribution in [1.29, 1.82) is 0 Å². The predicted octanol–water partition coefficient (Wildman–Crippen LogP) is 4.62. The van der Waals surface area contributed by atoms with Crippen molar-refractivity contribution in [2.24, 2.45) is 0 Å². The summed E-state index contributed by atoms with van der Waals surface area (Å²) in [7, 11) is 1.72. The standard InChI is InChI=1S/C17H20BrNO/c1-3-10-19-12-15-11-14(6-9-17(15)20-2)13-4-7-16(18)8-5-13/h4-9,11,19H,3,10,12H2,1-2H3. The van der Waals surface area contributed by atoms with Gasteiger partial charge in [-0.1, -0.05) is 41.1 Å². The largest absolute Gasteiger partial charge is 0.496 e. The number of halogens is 1. The second-order valence-electron chi connectivity index (χ2n) is 4.71. The number of hydrogen-bond donors (Lipinski definition) is 1. The monoisotopic (exact) mass is 333 g/mol. The summed E-state index contributed by atoms with van der Waals surface area (Å²) in [6.07, 6.45) is 1.13. The van der Waals surface area contributed by atoms with Crippen molar-refractivity contribution >= 4 is 15.9 Å². The summed E-state index contributed by atoms with van der Waals surface area (Å²) in [6.45, 7) is 4.02. The van der Waals surface area contributed by atoms with Crippen LogP contribution >= 0.6 is 15.9 Å². The fourth-order valence-electron chi connectivity index (χ4n) is 2.14. The van der Waals surface area contributed by atoms with E-state index in [1.165, 1.54) is 16.7 Å². The number of methoxy groups -OCH3 is 1. The van der Waals surface area contributed by atoms with Gasteiger partial charge in [0.15, 0.2) is 0 Å². The van der Waals surface area contributed by atoms with Crippen molar-refractivity contribution in [3.05, 3.63) is 52.5 Å². The van der Waals surface area contributed by atoms with Gasteiger partial charge >= 0.3 is 0 Å². The first-order valence-corrected chi connectivity index (χ1v) is 7.67. The summed E-state index contributed by atoms with van der Waals surface area (Å²) in [5.74, 6) is 0.939. The fraction of sp³-hybridized carbons (Fsp3) is 0.294. The quantitative estimate of drug-likeness (QED) is 0.778. The van der Waals surface area contributed by atoms with Gasteiger partial charge < -0.3 is 10.1 Å². The van der Waals surface area contributed by atoms with Crippen LogP contribution in [0.3, 0.4) is 0 Å². The maximum Gasteiger partial charge on any atom is 0.123 e. The van der Waals surface area contributed by atoms with Crippen LogP contribution in [0.15, 0.2) is 46.9 Å². The van der Waals surface area contributed by atoms with E-state index in [-0.39, 0.29) is 0 Å². The number of hydrogen-bond acceptors (Lipinski definition) is 2. The average molecular weight is 334 g/mol. The normalized spacial score (nSPS) is 10.6. The van der Waals surface area contributed by atoms with Crippen LogP contribution in [0, 0.1) is 0 Å². The minimum Gasteiger partial charge on any atom is -0.496 e. The van der Waals surface area contributed by atoms with Crippen LogP contribution in [-0.2, 0) is 6.54 Å². The van der Waals surface area contributed by atoms with E-state index in [2.05, 4.69) is 64.6 Å². The molecule has 0 heterocycles. The van der Waals surface area contributed by atoms with Crippen molar-refractivity contribution in [3.8, 4) is 16.9 Å². The van der Waals surface area contributed by atoms with Gasteiger partial charge in [-0.3, -0.25) is 0 Å². The molecule has 0 aliphatic heterocycles. The maximum atomic E-state index is 5.44. The third-order valence-corrected chi connectivity index (χ3v) is 3.73. The molecule has 0 fully saturated rings. The van der Waals surface area contributed by atoms with Gasteiger partial charge in [0.2, 0.25) is 0 Å². The van der Waals surface area contributed by atoms with Crippen LogP contribution in [0.4, 0.5) is 0 Å². The molecule has 0 spiro atoms. The van der Waals surface area contributed by atoms with E-state index in [1.54, 1.807) is 7.11 Å². The van der Waals surface area contributed by atoms with Gasteiger partial charge in [0.1, 0.15) is 5.75 Å². The van der Waals surface area contributed by atoms with E-state index >= 15 is 0 Å². The molecule has 0 unspecified atom stereocenters. The second kappa shape index (κ2) is 7.46. The third-order valence-electron chi connectivity index (χ3n) is 3.20. The Morgan fingerprint density at radius 1 is 1.05 bits per heavy atom. The Hall–Kier alpha value is -1.32. The molecular weight excluding hydrogens is 314 g/mol. The third kappa shape index (κ3) is 3.84. The van der Waals surface area contributed by atoms with Crippen molar-refractivity contribution in [2.75, 3.05) is 13.7 Å². The number of benzene rings is 2. The summed E-state index contributed by atoms with van der Waals surface area (Å²) in [5.41, 5.74) is 3.63. The zero-order valence-electron chi connectivity index (χ0n) is 11.9. The summed E-state index contributed by atoms with van der Waals surface area (Å²) in [6, 6.07) is 14.7. The molecular formula is C17H20BrNO. The topological polar surface area (TPSA) is 21.3 Å². The van der Waals surface area contributed by atoms with Crippen molar-refractivity contribution in [3.63, 3.8) is 0 Å². The van der Waals surface area contributed by atoms with E-state index in [9.17, 15) is 0 Å². The average Bonchev–Trinajstić information content (AvgIpc) is 2.48. The Balaban J connectivity index is 2.26. The minimum absolute atomic E-state index is 0.835. The maximum absolute atomic E-state index is 5.44. The van der Waals surface area contributed by atoms with Crippen LogP contribution in [0.25, 0.3) is 11.1 Å². The van der Waals surface area contributed by atoms with Crippen molar-refractivity contribution < 1.29 is 4.74 Å². The number of ether oxygens (including phenoxy) is 1. The lowest BCUT2D eigenvalue weighted by atomic mass is 10.0. The first-order chi connectivity index (χ1) is 9.74. The smallest absolute Gasteiger partial charge is 0.123 e. The Labute approximate surface area is 129 Å². The molecule has 2 aromatic carbocycles. The molecule has 0 radical (unpaired) electrons. The van der Waals surface area contributed by atoms with Gasteiger partial charge in [-0.05, 0) is 48.4 Å². The van der Waals surface area contributed by atoms with Crippen LogP contribution in [0.1, 0.15) is 18.9 Å². The minimum atomic E-state index is 0.835. The van der Waals surface area contributed by atoms with E-state index < -0.39 is 0 Å². The summed E-state index contributed by atoms with van der Waals surface area (Å²) >= 11 is 3.47. The Bertz CT molecular complexity index is 551. The molecule has 0 aromatic heterocycles. The Kier molecular flexibility index (Phi) is 5.62. The van der Waals surface area contributed by atoms with Gasteiger partial charge in [-0.15, -0.1) is 0 Å². The molecule has 0 amide bonds. The highest BCUT2D eigenvalue weighted by Crippen LogP contribution is 2.27. The molecule has 106 valence electrons. The molecule has 2 aromatic rings. The highest BCUT2D eigenvalue weighted by atomic mass is 79.9. The number of rotatable bonds is 6. The van der Waals surface area contributed by atoms with Crippen LogP contribution in [-0.4, -0.2) is 13.7 Å². The first-order valence-electron chi connectivity index (χ1n) is 6.88. The lowest BCUT2D eigenvalue weighted by Crippen LogP contribution is -2.14. The molecule has 0 aliphatic rings. The molecule has 0 aliphatic carbocycles. The zero-order valence-corrected chi connectivity index (χ0v) is 13.5. The van der Waals surface area contributed by atoms with Gasteiger partial charge in [-0.25, -0.2) is 0 Å². The van der Waals surface area contributed by atoms with Crippen molar-refractivity contribution in [2.45, 2.75) is 19.9 Å². The highest BCUT2D eigenvalue weighted by Gasteiger charge is 2.05. The predicted molar refractivity (Wildman–Crippen MR) is 88.1 cm³/mol. The van der Waals surface area contributed by atoms with Gasteiger partial charge in [0.25, 0.3) is 0 Å². The Morgan fingerprint density at radius 3 is 2.40 bits per heavy atom. The SMILES string of the molecule is CCCNCc1cc(-c2ccc(Br)cc2)ccc1OC. The van der Waals surface area contributed by atoms with E-state index in [0.29, 0.717) is 0 Å². The molecule has 0 atom stereocenters. The van der Waals surface area contributed by atoms with Gasteiger partial charge in [-0.2, -0.15) is 0 Å². The van der Waals surface area contributed by atoms with Gasteiger partial charge in [0, 0.05) is 16.6 Å². The number of nitrogens with one attached hydrogen (secondary N) is 1. The zero-order chi connectivity index (χ0) is 14.4. The van der Waals surface area contributed by atoms with E-state index in [1.807, 2.05) is 6.07 Å². The molecule has 0 bridgehead atoms. The lowest BCUT2D eigenvalue weighted by molar-refractivity contribution is 0.408. The molecule has 1 N–H and O–H groups in total. The molecule has 20 heavy (non-hydrogen) atoms. The van der Waals surface area contributed by atoms with E-state index in [4.69, 9.17) is 4.74 Å². The molecule has 3 heteroatoms. The fourth-order valence-corrected chi connectivity index (χ4v) is 2.40. The second-order valence-corrected chi connectivity index (χ2v) is 5.63. The van der Waals surface area contributed by atoms with Crippen LogP contribution in [0.5, 0.6) is 5.75 Å². The molecule has 0 saturated heterocycles. The van der Waals surface area contributed by atoms with Crippen LogP contribution < -0.4 is 10.1 Å². The summed E-state index contributed by atoms with van der Waals surface area (Å²) in [5, 5.41) is 3.43. The molecule has 0 saturated carbocycles. The Morgan fingerprint density at radius 2 is 1.75 bits per heavy atom. The summed E-state index contributed by atoms with van der Waals surface area (Å²) in [4.78, 5) is 0. The van der Waals surface area contributed by atoms with Crippen LogP contribution in [0.2, 0.25) is 0 Å². The molecule has 2 rings (SSSR count). The molecule has 2 nitrogen and oxygen atoms in total. The van der Waals surface area contributed by atoms with Crippen molar-refractivity contribution in [1.82, 2.24) is 5.32 Å². The van der Waals surface area contributed by atoms with Gasteiger partial charge in [0.05, 0.1) is 7.11 Å². The highest BCUT2D eigenvalue weighted by molar-refractivity contribution is 9.10. The summed E-state index contributed by atoms with van der Waals surface area (Å²) < 4.78 is 6.54. The first kappa shape index (κ1) is 15.1.